The van der Waals surface area contributed by atoms with Crippen LogP contribution in [0, 0.1) is 74.9 Å². The predicted molar refractivity (Wildman–Crippen MR) is 327 cm³/mol. The van der Waals surface area contributed by atoms with Crippen LogP contribution in [0.2, 0.25) is 0 Å². The molecule has 6 saturated carbocycles. The third kappa shape index (κ3) is 17.8. The first-order chi connectivity index (χ1) is 39.6. The normalized spacial score (nSPS) is 28.2. The van der Waals surface area contributed by atoms with Gasteiger partial charge in [0.05, 0.1) is 71.4 Å². The average molecular weight is 1190 g/mol. The Morgan fingerprint density at radius 1 is 0.699 bits per heavy atom. The molecule has 3 aliphatic heterocycles. The lowest BCUT2D eigenvalue weighted by Crippen LogP contribution is -2.48. The molecule has 9 fully saturated rings. The summed E-state index contributed by atoms with van der Waals surface area (Å²) in [6, 6.07) is 17.4. The summed E-state index contributed by atoms with van der Waals surface area (Å²) in [6.45, 7) is 25.7. The third-order valence-electron chi connectivity index (χ3n) is 18.1. The first kappa shape index (κ1) is 66.4. The van der Waals surface area contributed by atoms with Crippen molar-refractivity contribution in [1.29, 1.82) is 5.26 Å². The molecule has 9 aliphatic rings. The summed E-state index contributed by atoms with van der Waals surface area (Å²) in [4.78, 5) is 61.4. The van der Waals surface area contributed by atoms with Crippen LogP contribution >= 0.6 is 0 Å². The Hall–Kier alpha value is -4.14. The molecule has 6 aliphatic carbocycles. The summed E-state index contributed by atoms with van der Waals surface area (Å²) in [6.07, 6.45) is 12.8. The zero-order valence-corrected chi connectivity index (χ0v) is 53.5. The van der Waals surface area contributed by atoms with Crippen LogP contribution < -0.4 is 9.47 Å². The van der Waals surface area contributed by atoms with Crippen molar-refractivity contribution in [2.45, 2.75) is 163 Å². The van der Waals surface area contributed by atoms with Gasteiger partial charge in [0.2, 0.25) is 11.6 Å². The van der Waals surface area contributed by atoms with E-state index in [0.29, 0.717) is 31.7 Å². The molecule has 9 unspecified atom stereocenters. The molecule has 0 spiro atoms. The number of nitrogens with zero attached hydrogens (tertiary/aromatic N) is 1. The summed E-state index contributed by atoms with van der Waals surface area (Å²) in [5.41, 5.74) is 1.73. The highest BCUT2D eigenvalue weighted by molar-refractivity contribution is 7.98. The van der Waals surface area contributed by atoms with E-state index >= 15 is 0 Å². The van der Waals surface area contributed by atoms with E-state index in [-0.39, 0.29) is 90.1 Å². The van der Waals surface area contributed by atoms with Crippen LogP contribution in [-0.4, -0.2) is 135 Å². The summed E-state index contributed by atoms with van der Waals surface area (Å²) < 4.78 is 43.5. The van der Waals surface area contributed by atoms with Crippen molar-refractivity contribution in [3.63, 3.8) is 0 Å². The molecule has 0 radical (unpaired) electrons. The van der Waals surface area contributed by atoms with Gasteiger partial charge in [0, 0.05) is 67.6 Å². The number of carbonyl (C=O) groups excluding carboxylic acids is 5. The molecular weight excluding hydrogens is 1090 g/mol. The Kier molecular flexibility index (Phi) is 24.4. The largest absolute Gasteiger partial charge is 0.497 e. The number of benzene rings is 2. The molecule has 2 aromatic carbocycles. The molecule has 460 valence electrons. The first-order valence-electron chi connectivity index (χ1n) is 31.1. The van der Waals surface area contributed by atoms with Crippen LogP contribution in [0.4, 0.5) is 0 Å². The molecule has 0 amide bonds. The number of ether oxygens (including phenoxy) is 8. The molecule has 9 atom stereocenters. The minimum Gasteiger partial charge on any atom is -0.497 e. The van der Waals surface area contributed by atoms with Crippen molar-refractivity contribution in [2.75, 3.05) is 83.0 Å². The van der Waals surface area contributed by atoms with Crippen LogP contribution in [0.15, 0.2) is 48.5 Å². The van der Waals surface area contributed by atoms with Gasteiger partial charge in [-0.05, 0) is 157 Å². The lowest BCUT2D eigenvalue weighted by atomic mass is 9.50. The lowest BCUT2D eigenvalue weighted by Gasteiger charge is -2.56. The Morgan fingerprint density at radius 2 is 1.19 bits per heavy atom. The molecule has 6 bridgehead atoms. The number of esters is 3. The van der Waals surface area contributed by atoms with Gasteiger partial charge in [-0.3, -0.25) is 24.0 Å². The maximum absolute atomic E-state index is 13.2. The van der Waals surface area contributed by atoms with Crippen molar-refractivity contribution in [3.05, 3.63) is 59.7 Å². The summed E-state index contributed by atoms with van der Waals surface area (Å²) in [7, 11) is 1.84. The number of hydrogen-bond acceptors (Lipinski definition) is 14. The van der Waals surface area contributed by atoms with E-state index in [4.69, 9.17) is 43.2 Å². The minimum absolute atomic E-state index is 0.00337. The smallest absolute Gasteiger partial charge is 0.320 e. The molecule has 2 aromatic rings. The Labute approximate surface area is 502 Å². The second-order valence-corrected chi connectivity index (χ2v) is 31.6. The maximum atomic E-state index is 13.2. The van der Waals surface area contributed by atoms with Gasteiger partial charge >= 0.3 is 17.9 Å². The van der Waals surface area contributed by atoms with Crippen LogP contribution in [0.3, 0.4) is 0 Å². The highest BCUT2D eigenvalue weighted by Gasteiger charge is 2.62. The Morgan fingerprint density at radius 3 is 1.65 bits per heavy atom. The van der Waals surface area contributed by atoms with E-state index in [1.54, 1.807) is 21.0 Å². The number of Topliss-reactive ketones (excluding diaryl/α,β-unsaturated/α-hetero) is 2. The molecule has 14 nitrogen and oxygen atoms in total. The van der Waals surface area contributed by atoms with Crippen LogP contribution in [0.5, 0.6) is 11.5 Å². The number of unbranched alkanes of at least 4 members (excludes halogenated alkanes) is 1. The zero-order valence-electron chi connectivity index (χ0n) is 51.9. The van der Waals surface area contributed by atoms with E-state index in [1.807, 2.05) is 55.5 Å². The van der Waals surface area contributed by atoms with E-state index in [1.165, 1.54) is 38.5 Å². The van der Waals surface area contributed by atoms with Crippen molar-refractivity contribution in [2.24, 2.45) is 63.6 Å². The topological polar surface area (TPSA) is 183 Å². The second-order valence-electron chi connectivity index (χ2n) is 26.8. The monoisotopic (exact) mass is 1190 g/mol. The van der Waals surface area contributed by atoms with Crippen LogP contribution in [0.1, 0.15) is 161 Å². The highest BCUT2D eigenvalue weighted by Crippen LogP contribution is 2.60. The number of hydrogen-bond donors (Lipinski definition) is 0. The quantitative estimate of drug-likeness (QED) is 0.0305. The van der Waals surface area contributed by atoms with Crippen molar-refractivity contribution in [3.8, 4) is 17.6 Å². The summed E-state index contributed by atoms with van der Waals surface area (Å²) in [5.74, 6) is 8.09. The van der Waals surface area contributed by atoms with Gasteiger partial charge < -0.3 is 37.9 Å². The van der Waals surface area contributed by atoms with Gasteiger partial charge in [0.15, 0.2) is 16.4 Å². The second kappa shape index (κ2) is 30.5. The first-order valence-corrected chi connectivity index (χ1v) is 34.3. The average Bonchev–Trinajstić information content (AvgIpc) is 2.25. The van der Waals surface area contributed by atoms with Crippen molar-refractivity contribution in [1.82, 2.24) is 0 Å². The van der Waals surface area contributed by atoms with Crippen molar-refractivity contribution < 1.29 is 61.9 Å². The predicted octanol–water partition coefficient (Wildman–Crippen LogP) is 11.5. The SMILES string of the molecule is CC(C#N)CCOC1C2CC3C(=O)OC1C3C2.CCCCOc1ccc(C(=O)C([S+]2CCOCC2)C(C)(C)C)cc1.CCOC(=O)C(C)C(=O)OCC12CC3CC(CC(C3)C1)C2.COc1ccc(C(=O)C([S+]2CCOCC2)C(C)(C)C)cc1. The summed E-state index contributed by atoms with van der Waals surface area (Å²) >= 11 is 0. The standard InChI is InChI=1S/C20H31O3S.C17H26O4.C17H25O3S.C13H17NO3/c1-5-6-11-23-17-9-7-16(8-10-17)18(21)19(20(2,3)4)24-14-12-22-13-15-24;1-3-20-15(18)11(2)16(19)21-10-17-7-12-4-13(8-17)6-14(5-12)9-17;1-17(2,3)16(21-11-9-20-10-12-21)15(18)13-5-7-14(19-4)8-6-13;1-7(6-14)2-3-16-11-8-4-9-10(5-8)13(15)17-12(9)11/h7-10,19H,5-6,11-15H2,1-4H3;11-14H,3-10H2,1-2H3;5-8,16H,9-12H2,1-4H3;7-12H,2-5H2,1H3/q+1;;+1;. The molecule has 3 heterocycles. The van der Waals surface area contributed by atoms with Gasteiger partial charge in [-0.2, -0.15) is 5.26 Å². The van der Waals surface area contributed by atoms with E-state index in [0.717, 1.165) is 129 Å². The molecule has 11 rings (SSSR count). The molecule has 0 aromatic heterocycles. The van der Waals surface area contributed by atoms with Crippen LogP contribution in [0.25, 0.3) is 0 Å². The molecule has 3 saturated heterocycles. The molecule has 83 heavy (non-hydrogen) atoms. The van der Waals surface area contributed by atoms with Crippen LogP contribution in [-0.2, 0) is 64.6 Å². The van der Waals surface area contributed by atoms with E-state index < -0.39 is 17.9 Å². The third-order valence-corrected chi connectivity index (χ3v) is 24.1. The fraction of sp³-hybridized carbons (Fsp3) is 0.731. The fourth-order valence-electron chi connectivity index (χ4n) is 14.5. The fourth-order valence-corrected chi connectivity index (χ4v) is 20.1. The number of nitriles is 1. The highest BCUT2D eigenvalue weighted by atomic mass is 32.2. The van der Waals surface area contributed by atoms with E-state index in [9.17, 15) is 24.0 Å². The number of rotatable bonds is 20. The number of carbonyl (C=O) groups is 5. The number of fused-ring (bicyclic) bond motifs is 1. The minimum atomic E-state index is -0.807. The maximum Gasteiger partial charge on any atom is 0.320 e. The number of methoxy groups -OCH3 is 1. The summed E-state index contributed by atoms with van der Waals surface area (Å²) in [5, 5.41) is 8.82. The number of ketones is 2. The van der Waals surface area contributed by atoms with Gasteiger partial charge in [0.25, 0.3) is 0 Å². The molecular formula is C67H99NO13S2+2. The van der Waals surface area contributed by atoms with E-state index in [2.05, 4.69) is 54.5 Å². The Balaban J connectivity index is 0.000000160. The van der Waals surface area contributed by atoms with Gasteiger partial charge in [-0.15, -0.1) is 0 Å². The van der Waals surface area contributed by atoms with Gasteiger partial charge in [0.1, 0.15) is 40.6 Å². The van der Waals surface area contributed by atoms with Crippen molar-refractivity contribution >= 4 is 51.3 Å². The zero-order chi connectivity index (χ0) is 60.1. The van der Waals surface area contributed by atoms with Gasteiger partial charge in [-0.1, -0.05) is 54.9 Å². The lowest BCUT2D eigenvalue weighted by molar-refractivity contribution is -0.167. The van der Waals surface area contributed by atoms with Gasteiger partial charge in [-0.25, -0.2) is 0 Å². The Bertz CT molecular complexity index is 2430. The molecule has 16 heteroatoms. The molecule has 0 N–H and O–H groups in total.